The number of H-pyrrole nitrogens is 1. The number of aryl methyl sites for hydroxylation is 1. The lowest BCUT2D eigenvalue weighted by Crippen LogP contribution is -1.96. The normalized spacial score (nSPS) is 10.7. The van der Waals surface area contributed by atoms with Crippen molar-refractivity contribution in [2.45, 2.75) is 44.0 Å². The van der Waals surface area contributed by atoms with Crippen molar-refractivity contribution < 1.29 is 4.74 Å². The fourth-order valence-electron chi connectivity index (χ4n) is 1.66. The molecule has 20 heavy (non-hydrogen) atoms. The van der Waals surface area contributed by atoms with Gasteiger partial charge in [-0.3, -0.25) is 5.10 Å². The molecule has 0 atom stereocenters. The predicted molar refractivity (Wildman–Crippen MR) is 82.2 cm³/mol. The molecule has 1 N–H and O–H groups in total. The highest BCUT2D eigenvalue weighted by Gasteiger charge is 2.03. The van der Waals surface area contributed by atoms with Crippen LogP contribution in [0, 0.1) is 0 Å². The van der Waals surface area contributed by atoms with E-state index in [0.717, 1.165) is 48.4 Å². The van der Waals surface area contributed by atoms with E-state index in [9.17, 15) is 0 Å². The molecular formula is C15H21N3OS. The molecule has 0 amide bonds. The number of hydrogen-bond donors (Lipinski definition) is 1. The molecule has 0 fully saturated rings. The van der Waals surface area contributed by atoms with Crippen LogP contribution in [-0.2, 0) is 12.2 Å². The third-order valence-corrected chi connectivity index (χ3v) is 3.82. The molecular weight excluding hydrogens is 270 g/mol. The smallest absolute Gasteiger partial charge is 0.208 e. The summed E-state index contributed by atoms with van der Waals surface area (Å²) in [6.07, 6.45) is 3.14. The minimum Gasteiger partial charge on any atom is -0.494 e. The Balaban J connectivity index is 1.81. The van der Waals surface area contributed by atoms with Gasteiger partial charge in [-0.1, -0.05) is 44.2 Å². The molecule has 0 aliphatic rings. The zero-order chi connectivity index (χ0) is 14.2. The first-order valence-electron chi connectivity index (χ1n) is 7.07. The molecule has 0 aliphatic carbocycles. The maximum absolute atomic E-state index is 5.65. The minimum absolute atomic E-state index is 0.793. The third-order valence-electron chi connectivity index (χ3n) is 2.90. The lowest BCUT2D eigenvalue weighted by Gasteiger charge is -2.06. The van der Waals surface area contributed by atoms with Crippen molar-refractivity contribution in [1.29, 1.82) is 0 Å². The molecule has 2 rings (SSSR count). The second-order valence-electron chi connectivity index (χ2n) is 4.55. The van der Waals surface area contributed by atoms with Crippen molar-refractivity contribution in [3.63, 3.8) is 0 Å². The average Bonchev–Trinajstić information content (AvgIpc) is 2.95. The monoisotopic (exact) mass is 291 g/mol. The zero-order valence-corrected chi connectivity index (χ0v) is 12.9. The van der Waals surface area contributed by atoms with E-state index in [4.69, 9.17) is 4.74 Å². The standard InChI is InChI=1S/C15H21N3OS/c1-3-5-10-19-13-8-6-12(7-9-13)11-20-15-16-14(4-2)17-18-15/h6-9H,3-5,10-11H2,1-2H3,(H,16,17,18). The van der Waals surface area contributed by atoms with Crippen LogP contribution in [0.2, 0.25) is 0 Å². The Morgan fingerprint density at radius 1 is 1.20 bits per heavy atom. The molecule has 108 valence electrons. The van der Waals surface area contributed by atoms with Crippen molar-refractivity contribution in [3.8, 4) is 5.75 Å². The number of nitrogens with zero attached hydrogens (tertiary/aromatic N) is 2. The topological polar surface area (TPSA) is 50.8 Å². The van der Waals surface area contributed by atoms with Crippen LogP contribution in [-0.4, -0.2) is 21.8 Å². The van der Waals surface area contributed by atoms with Crippen LogP contribution in [0.4, 0.5) is 0 Å². The summed E-state index contributed by atoms with van der Waals surface area (Å²) in [5, 5.41) is 7.91. The quantitative estimate of drug-likeness (QED) is 0.593. The summed E-state index contributed by atoms with van der Waals surface area (Å²) in [7, 11) is 0. The van der Waals surface area contributed by atoms with Crippen molar-refractivity contribution in [2.75, 3.05) is 6.61 Å². The Labute approximate surface area is 124 Å². The fraction of sp³-hybridized carbons (Fsp3) is 0.467. The number of aromatic nitrogens is 3. The van der Waals surface area contributed by atoms with Crippen LogP contribution in [0.1, 0.15) is 38.1 Å². The van der Waals surface area contributed by atoms with Crippen LogP contribution < -0.4 is 4.74 Å². The number of hydrogen-bond acceptors (Lipinski definition) is 4. The summed E-state index contributed by atoms with van der Waals surface area (Å²) in [4.78, 5) is 4.38. The van der Waals surface area contributed by atoms with E-state index in [2.05, 4.69) is 41.2 Å². The molecule has 0 saturated carbocycles. The van der Waals surface area contributed by atoms with Crippen LogP contribution in [0.25, 0.3) is 0 Å². The van der Waals surface area contributed by atoms with Gasteiger partial charge in [-0.2, -0.15) is 0 Å². The lowest BCUT2D eigenvalue weighted by atomic mass is 10.2. The minimum atomic E-state index is 0.793. The van der Waals surface area contributed by atoms with E-state index in [-0.39, 0.29) is 0 Å². The van der Waals surface area contributed by atoms with Crippen LogP contribution in [0.5, 0.6) is 5.75 Å². The molecule has 0 spiro atoms. The first kappa shape index (κ1) is 14.9. The van der Waals surface area contributed by atoms with Crippen molar-refractivity contribution in [3.05, 3.63) is 35.7 Å². The summed E-state index contributed by atoms with van der Waals surface area (Å²) in [6.45, 7) is 5.02. The number of ether oxygens (including phenoxy) is 1. The van der Waals surface area contributed by atoms with E-state index in [1.807, 2.05) is 12.1 Å². The molecule has 4 nitrogen and oxygen atoms in total. The Hall–Kier alpha value is -1.49. The second kappa shape index (κ2) is 7.94. The van der Waals surface area contributed by atoms with E-state index in [0.29, 0.717) is 0 Å². The van der Waals surface area contributed by atoms with Gasteiger partial charge in [0.05, 0.1) is 6.61 Å². The number of rotatable bonds is 8. The Bertz CT molecular complexity index is 510. The number of thioether (sulfide) groups is 1. The molecule has 0 aliphatic heterocycles. The highest BCUT2D eigenvalue weighted by atomic mass is 32.2. The van der Waals surface area contributed by atoms with Crippen molar-refractivity contribution in [1.82, 2.24) is 15.2 Å². The Morgan fingerprint density at radius 2 is 2.00 bits per heavy atom. The zero-order valence-electron chi connectivity index (χ0n) is 12.1. The fourth-order valence-corrected chi connectivity index (χ4v) is 2.44. The average molecular weight is 291 g/mol. The summed E-state index contributed by atoms with van der Waals surface area (Å²) in [5.41, 5.74) is 1.25. The van der Waals surface area contributed by atoms with Crippen molar-refractivity contribution >= 4 is 11.8 Å². The number of benzene rings is 1. The van der Waals surface area contributed by atoms with Gasteiger partial charge >= 0.3 is 0 Å². The molecule has 1 aromatic carbocycles. The Morgan fingerprint density at radius 3 is 2.65 bits per heavy atom. The van der Waals surface area contributed by atoms with Crippen LogP contribution >= 0.6 is 11.8 Å². The summed E-state index contributed by atoms with van der Waals surface area (Å²) < 4.78 is 5.65. The van der Waals surface area contributed by atoms with Gasteiger partial charge in [0.15, 0.2) is 0 Å². The Kier molecular flexibility index (Phi) is 5.92. The lowest BCUT2D eigenvalue weighted by molar-refractivity contribution is 0.309. The van der Waals surface area contributed by atoms with E-state index in [1.54, 1.807) is 11.8 Å². The summed E-state index contributed by atoms with van der Waals surface area (Å²) in [5.74, 6) is 2.75. The molecule has 1 heterocycles. The van der Waals surface area contributed by atoms with Gasteiger partial charge in [-0.15, -0.1) is 5.10 Å². The summed E-state index contributed by atoms with van der Waals surface area (Å²) >= 11 is 1.64. The van der Waals surface area contributed by atoms with Crippen LogP contribution in [0.15, 0.2) is 29.4 Å². The number of unbranched alkanes of at least 4 members (excludes halogenated alkanes) is 1. The van der Waals surface area contributed by atoms with Gasteiger partial charge in [0, 0.05) is 12.2 Å². The molecule has 2 aromatic rings. The SMILES string of the molecule is CCCCOc1ccc(CSc2n[nH]c(CC)n2)cc1. The molecule has 5 heteroatoms. The van der Waals surface area contributed by atoms with Gasteiger partial charge in [0.25, 0.3) is 0 Å². The highest BCUT2D eigenvalue weighted by Crippen LogP contribution is 2.21. The summed E-state index contributed by atoms with van der Waals surface area (Å²) in [6, 6.07) is 8.26. The third kappa shape index (κ3) is 4.56. The largest absolute Gasteiger partial charge is 0.494 e. The van der Waals surface area contributed by atoms with E-state index >= 15 is 0 Å². The number of aromatic amines is 1. The predicted octanol–water partition coefficient (Wildman–Crippen LogP) is 3.84. The second-order valence-corrected chi connectivity index (χ2v) is 5.50. The van der Waals surface area contributed by atoms with Gasteiger partial charge in [0.2, 0.25) is 5.16 Å². The molecule has 0 radical (unpaired) electrons. The first-order valence-corrected chi connectivity index (χ1v) is 8.06. The van der Waals surface area contributed by atoms with Gasteiger partial charge in [0.1, 0.15) is 11.6 Å². The number of nitrogens with one attached hydrogen (secondary N) is 1. The maximum atomic E-state index is 5.65. The molecule has 0 bridgehead atoms. The van der Waals surface area contributed by atoms with Crippen molar-refractivity contribution in [2.24, 2.45) is 0 Å². The molecule has 1 aromatic heterocycles. The van der Waals surface area contributed by atoms with Gasteiger partial charge < -0.3 is 4.74 Å². The molecule has 0 saturated heterocycles. The van der Waals surface area contributed by atoms with Gasteiger partial charge in [-0.25, -0.2) is 4.98 Å². The first-order chi connectivity index (χ1) is 9.81. The van der Waals surface area contributed by atoms with E-state index in [1.165, 1.54) is 5.56 Å². The molecule has 0 unspecified atom stereocenters. The van der Waals surface area contributed by atoms with Crippen LogP contribution in [0.3, 0.4) is 0 Å². The highest BCUT2D eigenvalue weighted by molar-refractivity contribution is 7.98. The maximum Gasteiger partial charge on any atom is 0.208 e. The van der Waals surface area contributed by atoms with E-state index < -0.39 is 0 Å². The van der Waals surface area contributed by atoms with Gasteiger partial charge in [-0.05, 0) is 24.1 Å².